The molecule has 1 aliphatic rings. The van der Waals surface area contributed by atoms with Crippen LogP contribution in [0.2, 0.25) is 0 Å². The molecule has 0 saturated heterocycles. The Morgan fingerprint density at radius 3 is 2.81 bits per heavy atom. The van der Waals surface area contributed by atoms with E-state index in [1.165, 1.54) is 15.0 Å². The van der Waals surface area contributed by atoms with Crippen LogP contribution >= 0.6 is 0 Å². The summed E-state index contributed by atoms with van der Waals surface area (Å²) >= 11 is 0. The second-order valence-corrected chi connectivity index (χ2v) is 7.04. The van der Waals surface area contributed by atoms with E-state index in [0.717, 1.165) is 37.7 Å². The van der Waals surface area contributed by atoms with Gasteiger partial charge in [-0.15, -0.1) is 0 Å². The molecule has 1 amide bonds. The molecule has 1 aromatic carbocycles. The first kappa shape index (κ1) is 18.9. The van der Waals surface area contributed by atoms with Crippen LogP contribution in [0.3, 0.4) is 0 Å². The topological polar surface area (TPSA) is 101 Å². The highest BCUT2D eigenvalue weighted by Crippen LogP contribution is 2.33. The lowest BCUT2D eigenvalue weighted by Gasteiger charge is -2.29. The number of H-pyrrole nitrogens is 1. The molecule has 3 rings (SSSR count). The minimum absolute atomic E-state index is 0.0390. The number of unbranched alkanes of at least 4 members (excludes halogenated alkanes) is 1. The van der Waals surface area contributed by atoms with Crippen LogP contribution < -0.4 is 21.9 Å². The molecular weight excluding hydrogens is 344 g/mol. The van der Waals surface area contributed by atoms with Crippen molar-refractivity contribution in [3.63, 3.8) is 0 Å². The fraction of sp³-hybridized carbons (Fsp3) is 0.450. The van der Waals surface area contributed by atoms with Crippen molar-refractivity contribution in [1.29, 1.82) is 0 Å². The highest BCUT2D eigenvalue weighted by molar-refractivity contribution is 5.99. The maximum Gasteiger partial charge on any atom is 0.330 e. The lowest BCUT2D eigenvalue weighted by atomic mass is 9.82. The number of carbonyl (C=O) groups is 1. The van der Waals surface area contributed by atoms with Gasteiger partial charge in [-0.3, -0.25) is 19.1 Å². The quantitative estimate of drug-likeness (QED) is 0.840. The van der Waals surface area contributed by atoms with Gasteiger partial charge < -0.3 is 10.6 Å². The van der Waals surface area contributed by atoms with E-state index < -0.39 is 11.2 Å². The number of aromatic nitrogens is 2. The summed E-state index contributed by atoms with van der Waals surface area (Å²) in [5, 5.41) is 0. The van der Waals surface area contributed by atoms with E-state index in [9.17, 15) is 14.4 Å². The summed E-state index contributed by atoms with van der Waals surface area (Å²) in [6, 6.07) is 7.92. The van der Waals surface area contributed by atoms with E-state index in [1.807, 2.05) is 31.2 Å². The largest absolute Gasteiger partial charge is 0.383 e. The lowest BCUT2D eigenvalue weighted by molar-refractivity contribution is -0.120. The number of likely N-dealkylation sites (N-methyl/N-ethyl adjacent to an activating group) is 1. The van der Waals surface area contributed by atoms with Gasteiger partial charge in [-0.1, -0.05) is 37.6 Å². The molecule has 1 aliphatic carbocycles. The normalized spacial score (nSPS) is 16.0. The third kappa shape index (κ3) is 3.54. The average Bonchev–Trinajstić information content (AvgIpc) is 2.66. The predicted octanol–water partition coefficient (Wildman–Crippen LogP) is 2.00. The fourth-order valence-electron chi connectivity index (χ4n) is 3.79. The minimum atomic E-state index is -0.634. The van der Waals surface area contributed by atoms with Gasteiger partial charge in [0.1, 0.15) is 5.82 Å². The van der Waals surface area contributed by atoms with E-state index in [0.29, 0.717) is 6.54 Å². The van der Waals surface area contributed by atoms with E-state index in [-0.39, 0.29) is 23.3 Å². The van der Waals surface area contributed by atoms with Crippen molar-refractivity contribution in [3.8, 4) is 0 Å². The Morgan fingerprint density at radius 2 is 2.07 bits per heavy atom. The van der Waals surface area contributed by atoms with Gasteiger partial charge in [0.2, 0.25) is 5.91 Å². The van der Waals surface area contributed by atoms with Crippen molar-refractivity contribution in [2.24, 2.45) is 0 Å². The number of aromatic amines is 1. The maximum absolute atomic E-state index is 13.2. The van der Waals surface area contributed by atoms with Gasteiger partial charge in [0, 0.05) is 13.6 Å². The molecule has 7 heteroatoms. The van der Waals surface area contributed by atoms with Crippen molar-refractivity contribution >= 4 is 17.4 Å². The van der Waals surface area contributed by atoms with Crippen molar-refractivity contribution in [2.75, 3.05) is 17.7 Å². The van der Waals surface area contributed by atoms with Crippen LogP contribution in [0.25, 0.3) is 0 Å². The number of nitrogens with zero attached hydrogens (tertiary/aromatic N) is 2. The Morgan fingerprint density at radius 1 is 1.33 bits per heavy atom. The zero-order valence-electron chi connectivity index (χ0n) is 15.8. The number of nitrogens with two attached hydrogens (primary N) is 1. The first-order valence-electron chi connectivity index (χ1n) is 9.43. The number of aryl methyl sites for hydroxylation is 1. The minimum Gasteiger partial charge on any atom is -0.383 e. The van der Waals surface area contributed by atoms with Crippen LogP contribution in [0.5, 0.6) is 0 Å². The monoisotopic (exact) mass is 370 g/mol. The third-order valence-electron chi connectivity index (χ3n) is 5.28. The number of fused-ring (bicyclic) bond motifs is 1. The number of rotatable bonds is 5. The smallest absolute Gasteiger partial charge is 0.330 e. The van der Waals surface area contributed by atoms with E-state index in [4.69, 9.17) is 5.73 Å². The standard InChI is InChI=1S/C20H26N4O3/c1-3-4-12-24-17(21)16(18(25)22-20(24)27)23(2)19(26)15-11-7-9-13-8-5-6-10-14(13)15/h5-6,8,10,15H,3-4,7,9,11-12,21H2,1-2H3,(H,22,25,27). The molecule has 0 spiro atoms. The number of anilines is 2. The first-order chi connectivity index (χ1) is 13.0. The molecule has 0 aliphatic heterocycles. The number of amides is 1. The molecule has 7 nitrogen and oxygen atoms in total. The number of benzene rings is 1. The zero-order chi connectivity index (χ0) is 19.6. The number of carbonyl (C=O) groups excluding carboxylic acids is 1. The predicted molar refractivity (Wildman–Crippen MR) is 106 cm³/mol. The molecule has 1 heterocycles. The summed E-state index contributed by atoms with van der Waals surface area (Å²) in [7, 11) is 1.55. The Hall–Kier alpha value is -2.83. The Balaban J connectivity index is 1.99. The number of nitrogens with one attached hydrogen (secondary N) is 1. The highest BCUT2D eigenvalue weighted by Gasteiger charge is 2.31. The highest BCUT2D eigenvalue weighted by atomic mass is 16.2. The summed E-state index contributed by atoms with van der Waals surface area (Å²) in [5.41, 5.74) is 7.18. The molecule has 0 bridgehead atoms. The van der Waals surface area contributed by atoms with Gasteiger partial charge >= 0.3 is 5.69 Å². The van der Waals surface area contributed by atoms with E-state index in [1.54, 1.807) is 7.05 Å². The molecule has 1 unspecified atom stereocenters. The number of hydrogen-bond acceptors (Lipinski definition) is 4. The van der Waals surface area contributed by atoms with Crippen molar-refractivity contribution in [1.82, 2.24) is 9.55 Å². The molecule has 2 aromatic rings. The summed E-state index contributed by atoms with van der Waals surface area (Å²) in [4.78, 5) is 41.3. The summed E-state index contributed by atoms with van der Waals surface area (Å²) in [6.45, 7) is 2.41. The average molecular weight is 370 g/mol. The van der Waals surface area contributed by atoms with Crippen LogP contribution in [-0.2, 0) is 17.8 Å². The van der Waals surface area contributed by atoms with Crippen molar-refractivity contribution < 1.29 is 4.79 Å². The second-order valence-electron chi connectivity index (χ2n) is 7.04. The molecule has 0 saturated carbocycles. The Labute approximate surface area is 157 Å². The summed E-state index contributed by atoms with van der Waals surface area (Å²) in [5.74, 6) is -0.452. The molecule has 0 radical (unpaired) electrons. The van der Waals surface area contributed by atoms with Gasteiger partial charge in [-0.2, -0.15) is 0 Å². The van der Waals surface area contributed by atoms with Crippen LogP contribution in [0.15, 0.2) is 33.9 Å². The third-order valence-corrected chi connectivity index (χ3v) is 5.28. The van der Waals surface area contributed by atoms with Crippen molar-refractivity contribution in [2.45, 2.75) is 51.5 Å². The van der Waals surface area contributed by atoms with Crippen molar-refractivity contribution in [3.05, 3.63) is 56.2 Å². The second kappa shape index (κ2) is 7.82. The van der Waals surface area contributed by atoms with E-state index >= 15 is 0 Å². The first-order valence-corrected chi connectivity index (χ1v) is 9.43. The number of nitrogen functional groups attached to an aromatic ring is 1. The summed E-state index contributed by atoms with van der Waals surface area (Å²) in [6.07, 6.45) is 4.24. The fourth-order valence-corrected chi connectivity index (χ4v) is 3.79. The van der Waals surface area contributed by atoms with Crippen LogP contribution in [0, 0.1) is 0 Å². The molecule has 27 heavy (non-hydrogen) atoms. The van der Waals surface area contributed by atoms with Crippen LogP contribution in [-0.4, -0.2) is 22.5 Å². The maximum atomic E-state index is 13.2. The number of hydrogen-bond donors (Lipinski definition) is 2. The Bertz CT molecular complexity index is 960. The molecule has 144 valence electrons. The van der Waals surface area contributed by atoms with Gasteiger partial charge in [-0.25, -0.2) is 4.79 Å². The summed E-state index contributed by atoms with van der Waals surface area (Å²) < 4.78 is 1.33. The van der Waals surface area contributed by atoms with Gasteiger partial charge in [0.05, 0.1) is 5.92 Å². The molecule has 0 fully saturated rings. The Kier molecular flexibility index (Phi) is 5.48. The zero-order valence-corrected chi connectivity index (χ0v) is 15.8. The van der Waals surface area contributed by atoms with E-state index in [2.05, 4.69) is 4.98 Å². The lowest BCUT2D eigenvalue weighted by Crippen LogP contribution is -2.41. The van der Waals surface area contributed by atoms with Crippen LogP contribution in [0.1, 0.15) is 49.7 Å². The van der Waals surface area contributed by atoms with Gasteiger partial charge in [0.15, 0.2) is 5.69 Å². The molecular formula is C20H26N4O3. The van der Waals surface area contributed by atoms with Gasteiger partial charge in [0.25, 0.3) is 5.56 Å². The van der Waals surface area contributed by atoms with Crippen LogP contribution in [0.4, 0.5) is 11.5 Å². The molecule has 1 aromatic heterocycles. The van der Waals surface area contributed by atoms with Gasteiger partial charge in [-0.05, 0) is 36.8 Å². The molecule has 3 N–H and O–H groups in total. The molecule has 1 atom stereocenters. The SMILES string of the molecule is CCCCn1c(N)c(N(C)C(=O)C2CCCc3ccccc32)c(=O)[nH]c1=O.